The minimum Gasteiger partial charge on any atom is -0.269 e. The summed E-state index contributed by atoms with van der Waals surface area (Å²) in [5.41, 5.74) is 0. The van der Waals surface area contributed by atoms with Gasteiger partial charge < -0.3 is 0 Å². The van der Waals surface area contributed by atoms with E-state index in [1.807, 2.05) is 13.0 Å². The van der Waals surface area contributed by atoms with Crippen LogP contribution in [0.2, 0.25) is 0 Å². The number of rotatable bonds is 0. The first-order chi connectivity index (χ1) is 3.80. The van der Waals surface area contributed by atoms with Crippen LogP contribution < -0.4 is 0 Å². The van der Waals surface area contributed by atoms with Crippen molar-refractivity contribution >= 4 is 17.6 Å². The molecule has 0 amide bonds. The fourth-order valence-electron chi connectivity index (χ4n) is 0.495. The summed E-state index contributed by atoms with van der Waals surface area (Å²) in [7, 11) is 0. The molecule has 0 saturated heterocycles. The lowest BCUT2D eigenvalue weighted by atomic mass is 10.5. The summed E-state index contributed by atoms with van der Waals surface area (Å²) in [6.07, 6.45) is 3.66. The van der Waals surface area contributed by atoms with E-state index in [0.29, 0.717) is 0 Å². The highest BCUT2D eigenvalue weighted by Gasteiger charge is 2.01. The number of aliphatic imine (C=N–C) groups is 1. The smallest absolute Gasteiger partial charge is 0.116 e. The van der Waals surface area contributed by atoms with E-state index in [1.165, 1.54) is 0 Å². The van der Waals surface area contributed by atoms with Gasteiger partial charge in [0.05, 0.1) is 6.54 Å². The molecule has 1 rings (SSSR count). The average molecular weight is 131 g/mol. The van der Waals surface area contributed by atoms with Crippen LogP contribution in [0.4, 0.5) is 0 Å². The molecule has 1 aliphatic heterocycles. The Balaban J connectivity index is 2.66. The number of amidine groups is 1. The molecule has 1 heterocycles. The zero-order chi connectivity index (χ0) is 5.98. The van der Waals surface area contributed by atoms with Gasteiger partial charge in [0.15, 0.2) is 0 Å². The highest BCUT2D eigenvalue weighted by atomic mass is 35.5. The van der Waals surface area contributed by atoms with Crippen molar-refractivity contribution in [3.63, 3.8) is 0 Å². The van der Waals surface area contributed by atoms with E-state index in [1.54, 1.807) is 10.6 Å². The largest absolute Gasteiger partial charge is 0.269 e. The molecule has 0 aliphatic carbocycles. The van der Waals surface area contributed by atoms with Crippen LogP contribution in [-0.2, 0) is 0 Å². The second-order valence-electron chi connectivity index (χ2n) is 1.61. The topological polar surface area (TPSA) is 15.6 Å². The van der Waals surface area contributed by atoms with Gasteiger partial charge in [0.1, 0.15) is 5.84 Å². The fraction of sp³-hybridized carbons (Fsp3) is 0.400. The molecule has 1 aliphatic rings. The molecule has 0 fully saturated rings. The Morgan fingerprint density at radius 2 is 2.62 bits per heavy atom. The second kappa shape index (κ2) is 2.18. The molecule has 0 saturated carbocycles. The molecule has 0 atom stereocenters. The summed E-state index contributed by atoms with van der Waals surface area (Å²) in [5, 5.41) is 0. The quantitative estimate of drug-likeness (QED) is 0.453. The normalized spacial score (nSPS) is 18.8. The monoisotopic (exact) mass is 130 g/mol. The molecule has 44 valence electrons. The van der Waals surface area contributed by atoms with Gasteiger partial charge in [-0.3, -0.25) is 4.42 Å². The maximum atomic E-state index is 5.62. The highest BCUT2D eigenvalue weighted by Crippen LogP contribution is 2.01. The van der Waals surface area contributed by atoms with Gasteiger partial charge >= 0.3 is 0 Å². The van der Waals surface area contributed by atoms with Gasteiger partial charge in [0.25, 0.3) is 0 Å². The van der Waals surface area contributed by atoms with E-state index in [2.05, 4.69) is 4.99 Å². The van der Waals surface area contributed by atoms with Crippen molar-refractivity contribution in [1.82, 2.24) is 4.42 Å². The van der Waals surface area contributed by atoms with Crippen molar-refractivity contribution in [2.24, 2.45) is 4.99 Å². The first-order valence-corrected chi connectivity index (χ1v) is 2.77. The molecule has 0 bridgehead atoms. The van der Waals surface area contributed by atoms with Crippen LogP contribution in [0, 0.1) is 0 Å². The number of halogens is 1. The van der Waals surface area contributed by atoms with Gasteiger partial charge in [-0.05, 0) is 13.0 Å². The standard InChI is InChI=1S/C5H7ClN2/c1-5-7-3-2-4-8(5)6/h2-3H,4H2,1H3. The third kappa shape index (κ3) is 1.01. The molecule has 0 aromatic carbocycles. The lowest BCUT2D eigenvalue weighted by Gasteiger charge is -2.13. The summed E-state index contributed by atoms with van der Waals surface area (Å²) in [6.45, 7) is 2.63. The van der Waals surface area contributed by atoms with Crippen molar-refractivity contribution < 1.29 is 0 Å². The highest BCUT2D eigenvalue weighted by molar-refractivity contribution is 6.22. The Labute approximate surface area is 53.6 Å². The first-order valence-electron chi connectivity index (χ1n) is 2.43. The Bertz CT molecular complexity index is 139. The van der Waals surface area contributed by atoms with Gasteiger partial charge in [0, 0.05) is 18.0 Å². The minimum absolute atomic E-state index is 0.761. The van der Waals surface area contributed by atoms with Crippen molar-refractivity contribution in [1.29, 1.82) is 0 Å². The van der Waals surface area contributed by atoms with E-state index < -0.39 is 0 Å². The lowest BCUT2D eigenvalue weighted by Crippen LogP contribution is -2.20. The summed E-state index contributed by atoms with van der Waals surface area (Å²) >= 11 is 5.62. The predicted octanol–water partition coefficient (Wildman–Crippen LogP) is 1.39. The molecule has 2 nitrogen and oxygen atoms in total. The predicted molar refractivity (Wildman–Crippen MR) is 34.8 cm³/mol. The van der Waals surface area contributed by atoms with E-state index >= 15 is 0 Å². The van der Waals surface area contributed by atoms with Gasteiger partial charge in [0.2, 0.25) is 0 Å². The summed E-state index contributed by atoms with van der Waals surface area (Å²) in [5.74, 6) is 0.856. The van der Waals surface area contributed by atoms with E-state index in [-0.39, 0.29) is 0 Å². The van der Waals surface area contributed by atoms with Crippen molar-refractivity contribution in [2.75, 3.05) is 6.54 Å². The lowest BCUT2D eigenvalue weighted by molar-refractivity contribution is 0.720. The van der Waals surface area contributed by atoms with E-state index in [9.17, 15) is 0 Å². The molecule has 0 unspecified atom stereocenters. The molecule has 8 heavy (non-hydrogen) atoms. The zero-order valence-electron chi connectivity index (χ0n) is 4.63. The van der Waals surface area contributed by atoms with Crippen LogP contribution in [0.1, 0.15) is 6.92 Å². The van der Waals surface area contributed by atoms with Gasteiger partial charge in [-0.15, -0.1) is 0 Å². The number of hydrogen-bond acceptors (Lipinski definition) is 2. The Morgan fingerprint density at radius 3 is 3.00 bits per heavy atom. The molecule has 0 N–H and O–H groups in total. The summed E-state index contributed by atoms with van der Waals surface area (Å²) in [6, 6.07) is 0. The molecule has 0 aromatic heterocycles. The van der Waals surface area contributed by atoms with Crippen LogP contribution in [0.25, 0.3) is 0 Å². The molecule has 3 heteroatoms. The fourth-order valence-corrected chi connectivity index (χ4v) is 0.618. The summed E-state index contributed by atoms with van der Waals surface area (Å²) in [4.78, 5) is 3.94. The van der Waals surface area contributed by atoms with Crippen molar-refractivity contribution in [2.45, 2.75) is 6.92 Å². The molecule has 0 spiro atoms. The minimum atomic E-state index is 0.761. The third-order valence-corrected chi connectivity index (χ3v) is 1.37. The van der Waals surface area contributed by atoms with Crippen molar-refractivity contribution in [3.05, 3.63) is 12.3 Å². The van der Waals surface area contributed by atoms with E-state index in [4.69, 9.17) is 11.8 Å². The Morgan fingerprint density at radius 1 is 1.88 bits per heavy atom. The average Bonchev–Trinajstić information content (AvgIpc) is 1.77. The summed E-state index contributed by atoms with van der Waals surface area (Å²) < 4.78 is 1.57. The van der Waals surface area contributed by atoms with Crippen LogP contribution in [0.5, 0.6) is 0 Å². The SMILES string of the molecule is CC1=NC=CCN1Cl. The van der Waals surface area contributed by atoms with Crippen LogP contribution >= 0.6 is 11.8 Å². The van der Waals surface area contributed by atoms with Crippen LogP contribution in [0.15, 0.2) is 17.3 Å². The van der Waals surface area contributed by atoms with Crippen molar-refractivity contribution in [3.8, 4) is 0 Å². The van der Waals surface area contributed by atoms with Crippen LogP contribution in [-0.4, -0.2) is 16.8 Å². The van der Waals surface area contributed by atoms with E-state index in [0.717, 1.165) is 12.4 Å². The van der Waals surface area contributed by atoms with Gasteiger partial charge in [-0.1, -0.05) is 0 Å². The molecule has 0 aromatic rings. The van der Waals surface area contributed by atoms with Gasteiger partial charge in [-0.25, -0.2) is 4.99 Å². The van der Waals surface area contributed by atoms with Crippen LogP contribution in [0.3, 0.4) is 0 Å². The molecular formula is C5H7ClN2. The number of nitrogens with zero attached hydrogens (tertiary/aromatic N) is 2. The second-order valence-corrected chi connectivity index (χ2v) is 2.01. The number of hydrogen-bond donors (Lipinski definition) is 0. The molecular weight excluding hydrogens is 124 g/mol. The Hall–Kier alpha value is -0.500. The third-order valence-electron chi connectivity index (χ3n) is 0.984. The van der Waals surface area contributed by atoms with Gasteiger partial charge in [-0.2, -0.15) is 0 Å². The maximum absolute atomic E-state index is 5.62. The first kappa shape index (κ1) is 5.63. The molecule has 0 radical (unpaired) electrons. The maximum Gasteiger partial charge on any atom is 0.116 e. The zero-order valence-corrected chi connectivity index (χ0v) is 5.39. The Kier molecular flexibility index (Phi) is 1.53.